The molecule has 0 bridgehead atoms. The highest BCUT2D eigenvalue weighted by molar-refractivity contribution is 7.71. The average Bonchev–Trinajstić information content (AvgIpc) is 3.08. The number of phenolic OH excluding ortho intramolecular Hbond substituents is 1. The van der Waals surface area contributed by atoms with Gasteiger partial charge in [0.05, 0.1) is 12.8 Å². The molecule has 8 nitrogen and oxygen atoms in total. The van der Waals surface area contributed by atoms with E-state index in [2.05, 4.69) is 20.3 Å². The first-order chi connectivity index (χ1) is 13.9. The zero-order valence-electron chi connectivity index (χ0n) is 15.9. The molecule has 3 N–H and O–H groups in total. The summed E-state index contributed by atoms with van der Waals surface area (Å²) in [5.41, 5.74) is 2.08. The van der Waals surface area contributed by atoms with Crippen LogP contribution in [0.2, 0.25) is 0 Å². The summed E-state index contributed by atoms with van der Waals surface area (Å²) in [7, 11) is 1.22. The molecule has 0 radical (unpaired) electrons. The molecule has 0 aliphatic heterocycles. The number of aromatic nitrogens is 3. The second-order valence-corrected chi connectivity index (χ2v) is 6.75. The van der Waals surface area contributed by atoms with Gasteiger partial charge in [0.15, 0.2) is 16.3 Å². The molecule has 0 fully saturated rings. The van der Waals surface area contributed by atoms with Gasteiger partial charge in [0, 0.05) is 18.5 Å². The Balaban J connectivity index is 1.74. The van der Waals surface area contributed by atoms with E-state index >= 15 is 0 Å². The van der Waals surface area contributed by atoms with Gasteiger partial charge in [0.25, 0.3) is 0 Å². The van der Waals surface area contributed by atoms with E-state index in [1.807, 2.05) is 31.2 Å². The lowest BCUT2D eigenvalue weighted by atomic mass is 10.1. The van der Waals surface area contributed by atoms with E-state index in [1.54, 1.807) is 10.6 Å². The minimum absolute atomic E-state index is 0.0240. The van der Waals surface area contributed by atoms with E-state index < -0.39 is 5.97 Å². The van der Waals surface area contributed by atoms with Crippen molar-refractivity contribution in [2.75, 3.05) is 12.4 Å². The van der Waals surface area contributed by atoms with Crippen molar-refractivity contribution in [2.45, 2.75) is 19.9 Å². The smallest absolute Gasteiger partial charge is 0.341 e. The van der Waals surface area contributed by atoms with Crippen molar-refractivity contribution in [1.29, 1.82) is 0 Å². The Morgan fingerprint density at radius 3 is 2.76 bits per heavy atom. The van der Waals surface area contributed by atoms with Crippen molar-refractivity contribution in [3.05, 3.63) is 58.4 Å². The van der Waals surface area contributed by atoms with Gasteiger partial charge in [-0.3, -0.25) is 14.5 Å². The molecule has 0 saturated heterocycles. The van der Waals surface area contributed by atoms with Crippen molar-refractivity contribution >= 4 is 29.8 Å². The van der Waals surface area contributed by atoms with Crippen LogP contribution in [-0.2, 0) is 16.1 Å². The van der Waals surface area contributed by atoms with Gasteiger partial charge in [0.1, 0.15) is 5.56 Å². The third kappa shape index (κ3) is 4.52. The van der Waals surface area contributed by atoms with E-state index in [4.69, 9.17) is 12.2 Å². The number of benzene rings is 2. The predicted octanol–water partition coefficient (Wildman–Crippen LogP) is 3.44. The lowest BCUT2D eigenvalue weighted by molar-refractivity contribution is -0.116. The van der Waals surface area contributed by atoms with Gasteiger partial charge < -0.3 is 15.2 Å². The third-order valence-corrected chi connectivity index (χ3v) is 4.62. The molecule has 150 valence electrons. The lowest BCUT2D eigenvalue weighted by Gasteiger charge is -2.11. The van der Waals surface area contributed by atoms with Gasteiger partial charge in [-0.1, -0.05) is 29.8 Å². The van der Waals surface area contributed by atoms with Crippen molar-refractivity contribution in [3.63, 3.8) is 0 Å². The summed E-state index contributed by atoms with van der Waals surface area (Å²) in [6, 6.07) is 12.3. The Kier molecular flexibility index (Phi) is 6.08. The molecule has 3 aromatic rings. The predicted molar refractivity (Wildman–Crippen MR) is 110 cm³/mol. The fourth-order valence-corrected chi connectivity index (χ4v) is 3.10. The molecule has 3 rings (SSSR count). The molecule has 0 spiro atoms. The number of phenols is 1. The molecule has 1 amide bonds. The van der Waals surface area contributed by atoms with Gasteiger partial charge in [-0.2, -0.15) is 5.10 Å². The largest absolute Gasteiger partial charge is 0.505 e. The normalized spacial score (nSPS) is 10.6. The molecular formula is C20H20N4O4S. The highest BCUT2D eigenvalue weighted by atomic mass is 32.1. The molecule has 9 heteroatoms. The fraction of sp³-hybridized carbons (Fsp3) is 0.200. The number of esters is 1. The van der Waals surface area contributed by atoms with Gasteiger partial charge in [0.2, 0.25) is 5.91 Å². The summed E-state index contributed by atoms with van der Waals surface area (Å²) >= 11 is 5.29. The fourth-order valence-electron chi connectivity index (χ4n) is 2.87. The average molecular weight is 412 g/mol. The standard InChI is InChI=1S/C20H20N4O4S/c1-12-5-3-6-13(11-12)18-22-23-20(29)24(18)10-9-16(25)21-15-8-4-7-14(17(15)26)19(27)28-2/h3-8,11,26H,9-10H2,1-2H3,(H,21,25)(H,23,29). The second kappa shape index (κ2) is 8.70. The van der Waals surface area contributed by atoms with Gasteiger partial charge >= 0.3 is 5.97 Å². The summed E-state index contributed by atoms with van der Waals surface area (Å²) in [6.45, 7) is 2.28. The minimum atomic E-state index is -0.689. The summed E-state index contributed by atoms with van der Waals surface area (Å²) in [6.07, 6.45) is 0.0918. The van der Waals surface area contributed by atoms with Gasteiger partial charge in [-0.15, -0.1) is 0 Å². The summed E-state index contributed by atoms with van der Waals surface area (Å²) in [5.74, 6) is -0.734. The molecule has 1 heterocycles. The van der Waals surface area contributed by atoms with E-state index in [0.717, 1.165) is 11.1 Å². The zero-order chi connectivity index (χ0) is 21.0. The first-order valence-electron chi connectivity index (χ1n) is 8.83. The van der Waals surface area contributed by atoms with Crippen LogP contribution in [0.4, 0.5) is 5.69 Å². The number of carbonyl (C=O) groups excluding carboxylic acids is 2. The Bertz CT molecular complexity index is 1120. The number of para-hydroxylation sites is 1. The highest BCUT2D eigenvalue weighted by Gasteiger charge is 2.16. The molecular weight excluding hydrogens is 392 g/mol. The Morgan fingerprint density at radius 2 is 2.03 bits per heavy atom. The van der Waals surface area contributed by atoms with Crippen LogP contribution in [0.1, 0.15) is 22.3 Å². The molecule has 29 heavy (non-hydrogen) atoms. The minimum Gasteiger partial charge on any atom is -0.505 e. The first-order valence-corrected chi connectivity index (χ1v) is 9.24. The van der Waals surface area contributed by atoms with E-state index in [0.29, 0.717) is 17.1 Å². The topological polar surface area (TPSA) is 109 Å². The van der Waals surface area contributed by atoms with Gasteiger partial charge in [-0.05, 0) is 37.3 Å². The summed E-state index contributed by atoms with van der Waals surface area (Å²) in [4.78, 5) is 24.1. The van der Waals surface area contributed by atoms with Crippen molar-refractivity contribution in [1.82, 2.24) is 14.8 Å². The zero-order valence-corrected chi connectivity index (χ0v) is 16.7. The van der Waals surface area contributed by atoms with Crippen molar-refractivity contribution in [3.8, 4) is 17.1 Å². The molecule has 0 aliphatic carbocycles. The molecule has 0 saturated carbocycles. The number of amides is 1. The molecule has 0 unspecified atom stereocenters. The maximum atomic E-state index is 12.4. The number of aromatic amines is 1. The van der Waals surface area contributed by atoms with Crippen LogP contribution in [0.25, 0.3) is 11.4 Å². The second-order valence-electron chi connectivity index (χ2n) is 6.36. The lowest BCUT2D eigenvalue weighted by Crippen LogP contribution is -2.16. The number of aryl methyl sites for hydroxylation is 1. The van der Waals surface area contributed by atoms with Gasteiger partial charge in [-0.25, -0.2) is 4.79 Å². The highest BCUT2D eigenvalue weighted by Crippen LogP contribution is 2.28. The number of hydrogen-bond acceptors (Lipinski definition) is 6. The van der Waals surface area contributed by atoms with E-state index in [9.17, 15) is 14.7 Å². The number of aromatic hydroxyl groups is 1. The van der Waals surface area contributed by atoms with Crippen LogP contribution < -0.4 is 5.32 Å². The number of nitrogens with one attached hydrogen (secondary N) is 2. The first kappa shape index (κ1) is 20.3. The number of rotatable bonds is 6. The quantitative estimate of drug-likeness (QED) is 0.325. The Labute approximate surface area is 172 Å². The number of methoxy groups -OCH3 is 1. The van der Waals surface area contributed by atoms with Crippen LogP contribution >= 0.6 is 12.2 Å². The van der Waals surface area contributed by atoms with E-state index in [-0.39, 0.29) is 29.3 Å². The number of H-pyrrole nitrogens is 1. The molecule has 0 aliphatic rings. The van der Waals surface area contributed by atoms with Crippen LogP contribution in [-0.4, -0.2) is 38.9 Å². The molecule has 1 aromatic heterocycles. The monoisotopic (exact) mass is 412 g/mol. The maximum absolute atomic E-state index is 12.4. The van der Waals surface area contributed by atoms with E-state index in [1.165, 1.54) is 19.2 Å². The SMILES string of the molecule is COC(=O)c1cccc(NC(=O)CCn2c(-c3cccc(C)c3)n[nH]c2=S)c1O. The summed E-state index contributed by atoms with van der Waals surface area (Å²) < 4.78 is 6.77. The molecule has 2 aromatic carbocycles. The number of ether oxygens (including phenoxy) is 1. The van der Waals surface area contributed by atoms with Crippen LogP contribution in [0, 0.1) is 11.7 Å². The number of nitrogens with zero attached hydrogens (tertiary/aromatic N) is 2. The van der Waals surface area contributed by atoms with Crippen LogP contribution in [0.15, 0.2) is 42.5 Å². The molecule has 0 atom stereocenters. The number of anilines is 1. The Hall–Kier alpha value is -3.46. The van der Waals surface area contributed by atoms with Crippen molar-refractivity contribution in [2.24, 2.45) is 0 Å². The van der Waals surface area contributed by atoms with Crippen LogP contribution in [0.3, 0.4) is 0 Å². The third-order valence-electron chi connectivity index (χ3n) is 4.31. The summed E-state index contributed by atoms with van der Waals surface area (Å²) in [5, 5.41) is 19.8. The number of carbonyl (C=O) groups is 2. The Morgan fingerprint density at radius 1 is 1.28 bits per heavy atom. The van der Waals surface area contributed by atoms with Crippen molar-refractivity contribution < 1.29 is 19.4 Å². The maximum Gasteiger partial charge on any atom is 0.341 e. The number of hydrogen-bond donors (Lipinski definition) is 3. The van der Waals surface area contributed by atoms with Crippen LogP contribution in [0.5, 0.6) is 5.75 Å².